The van der Waals surface area contributed by atoms with Crippen molar-refractivity contribution in [1.82, 2.24) is 4.90 Å². The zero-order valence-electron chi connectivity index (χ0n) is 20.5. The lowest BCUT2D eigenvalue weighted by molar-refractivity contribution is -0.142. The van der Waals surface area contributed by atoms with Crippen molar-refractivity contribution < 1.29 is 24.9 Å². The third kappa shape index (κ3) is 10.6. The van der Waals surface area contributed by atoms with Gasteiger partial charge in [0, 0.05) is 18.3 Å². The Morgan fingerprint density at radius 1 is 1.06 bits per heavy atom. The Balaban J connectivity index is 2.42. The van der Waals surface area contributed by atoms with E-state index in [1.54, 1.807) is 6.08 Å². The van der Waals surface area contributed by atoms with Crippen molar-refractivity contribution in [3.63, 3.8) is 0 Å². The lowest BCUT2D eigenvalue weighted by Crippen LogP contribution is -2.27. The fourth-order valence-electron chi connectivity index (χ4n) is 4.75. The molecule has 0 aromatic heterocycles. The van der Waals surface area contributed by atoms with E-state index in [0.717, 1.165) is 58.2 Å². The van der Waals surface area contributed by atoms with Crippen LogP contribution in [0.3, 0.4) is 0 Å². The van der Waals surface area contributed by atoms with E-state index in [1.807, 2.05) is 6.08 Å². The smallest absolute Gasteiger partial charge is 0.306 e. The maximum atomic E-state index is 12.4. The first-order valence-corrected chi connectivity index (χ1v) is 12.9. The number of aliphatic hydroxyl groups excluding tert-OH is 2. The van der Waals surface area contributed by atoms with Gasteiger partial charge in [0.25, 0.3) is 0 Å². The van der Waals surface area contributed by atoms with Gasteiger partial charge in [-0.25, -0.2) is 0 Å². The minimum absolute atomic E-state index is 0.107. The van der Waals surface area contributed by atoms with Crippen LogP contribution in [0.1, 0.15) is 91.4 Å². The van der Waals surface area contributed by atoms with Gasteiger partial charge in [0.2, 0.25) is 0 Å². The standard InChI is InChI=1S/C26H47NO5/c1-4-7-9-13-21(28)15-16-23-22(24(29)19-25(23)30)14-11-8-10-12-20(26(31)32)17-18-27(5-2)6-3/h15-16,20-23,25,28,30H,4-14,17-19H2,1-3H3,(H,31,32)/t20?,21?,22-,23-,25?/m1/s1. The van der Waals surface area contributed by atoms with Crippen LogP contribution in [-0.4, -0.2) is 63.8 Å². The number of carboxylic acid groups (broad SMARTS) is 1. The molecular weight excluding hydrogens is 406 g/mol. The van der Waals surface area contributed by atoms with Gasteiger partial charge in [-0.05, 0) is 45.3 Å². The highest BCUT2D eigenvalue weighted by Crippen LogP contribution is 2.34. The molecule has 32 heavy (non-hydrogen) atoms. The summed E-state index contributed by atoms with van der Waals surface area (Å²) in [6.45, 7) is 9.01. The first kappa shape index (κ1) is 28.8. The topological polar surface area (TPSA) is 98.1 Å². The first-order chi connectivity index (χ1) is 15.3. The number of hydrogen-bond acceptors (Lipinski definition) is 5. The number of aliphatic carboxylic acids is 1. The van der Waals surface area contributed by atoms with Crippen LogP contribution in [0.5, 0.6) is 0 Å². The molecule has 5 atom stereocenters. The van der Waals surface area contributed by atoms with E-state index in [4.69, 9.17) is 0 Å². The zero-order valence-corrected chi connectivity index (χ0v) is 20.5. The summed E-state index contributed by atoms with van der Waals surface area (Å²) in [5, 5.41) is 29.9. The van der Waals surface area contributed by atoms with Crippen molar-refractivity contribution in [1.29, 1.82) is 0 Å². The summed E-state index contributed by atoms with van der Waals surface area (Å²) >= 11 is 0. The first-order valence-electron chi connectivity index (χ1n) is 12.9. The quantitative estimate of drug-likeness (QED) is 0.210. The van der Waals surface area contributed by atoms with Crippen LogP contribution in [0.2, 0.25) is 0 Å². The third-order valence-corrected chi connectivity index (χ3v) is 7.00. The molecule has 0 aliphatic heterocycles. The Morgan fingerprint density at radius 2 is 1.75 bits per heavy atom. The van der Waals surface area contributed by atoms with Gasteiger partial charge >= 0.3 is 5.97 Å². The second-order valence-electron chi connectivity index (χ2n) is 9.36. The van der Waals surface area contributed by atoms with Crippen molar-refractivity contribution >= 4 is 11.8 Å². The molecule has 0 amide bonds. The lowest BCUT2D eigenvalue weighted by Gasteiger charge is -2.21. The number of rotatable bonds is 18. The van der Waals surface area contributed by atoms with Gasteiger partial charge in [0.15, 0.2) is 0 Å². The summed E-state index contributed by atoms with van der Waals surface area (Å²) in [5.74, 6) is -1.33. The van der Waals surface area contributed by atoms with E-state index in [0.29, 0.717) is 25.7 Å². The highest BCUT2D eigenvalue weighted by atomic mass is 16.4. The van der Waals surface area contributed by atoms with Crippen molar-refractivity contribution in [3.05, 3.63) is 12.2 Å². The molecule has 3 unspecified atom stereocenters. The van der Waals surface area contributed by atoms with E-state index < -0.39 is 18.2 Å². The van der Waals surface area contributed by atoms with Gasteiger partial charge in [0.1, 0.15) is 5.78 Å². The maximum absolute atomic E-state index is 12.4. The van der Waals surface area contributed by atoms with Gasteiger partial charge in [-0.1, -0.05) is 71.4 Å². The molecule has 1 aliphatic rings. The van der Waals surface area contributed by atoms with Gasteiger partial charge < -0.3 is 20.2 Å². The van der Waals surface area contributed by atoms with Crippen LogP contribution in [0, 0.1) is 17.8 Å². The highest BCUT2D eigenvalue weighted by molar-refractivity contribution is 5.84. The largest absolute Gasteiger partial charge is 0.481 e. The van der Waals surface area contributed by atoms with Crippen molar-refractivity contribution in [2.45, 2.75) is 104 Å². The van der Waals surface area contributed by atoms with Crippen LogP contribution >= 0.6 is 0 Å². The number of ketones is 1. The van der Waals surface area contributed by atoms with E-state index in [-0.39, 0.29) is 30.0 Å². The summed E-state index contributed by atoms with van der Waals surface area (Å²) in [6.07, 6.45) is 11.2. The summed E-state index contributed by atoms with van der Waals surface area (Å²) in [5.41, 5.74) is 0. The summed E-state index contributed by atoms with van der Waals surface area (Å²) < 4.78 is 0. The molecule has 1 saturated carbocycles. The highest BCUT2D eigenvalue weighted by Gasteiger charge is 2.39. The van der Waals surface area contributed by atoms with E-state index >= 15 is 0 Å². The van der Waals surface area contributed by atoms with E-state index in [9.17, 15) is 24.9 Å². The number of aliphatic hydroxyl groups is 2. The molecule has 6 heteroatoms. The molecule has 0 bridgehead atoms. The van der Waals surface area contributed by atoms with Crippen molar-refractivity contribution in [2.75, 3.05) is 19.6 Å². The minimum atomic E-state index is -0.714. The predicted octanol–water partition coefficient (Wildman–Crippen LogP) is 4.43. The maximum Gasteiger partial charge on any atom is 0.306 e. The summed E-state index contributed by atoms with van der Waals surface area (Å²) in [4.78, 5) is 26.2. The molecule has 0 aromatic rings. The van der Waals surface area contributed by atoms with Crippen LogP contribution in [0.15, 0.2) is 12.2 Å². The summed E-state index contributed by atoms with van der Waals surface area (Å²) in [6, 6.07) is 0. The second kappa shape index (κ2) is 16.4. The predicted molar refractivity (Wildman–Crippen MR) is 129 cm³/mol. The Kier molecular flexibility index (Phi) is 14.7. The van der Waals surface area contributed by atoms with Crippen molar-refractivity contribution in [2.24, 2.45) is 17.8 Å². The molecule has 0 spiro atoms. The van der Waals surface area contributed by atoms with Gasteiger partial charge in [-0.2, -0.15) is 0 Å². The fraction of sp³-hybridized carbons (Fsp3) is 0.846. The normalized spacial score (nSPS) is 23.3. The number of carbonyl (C=O) groups excluding carboxylic acids is 1. The molecule has 3 N–H and O–H groups in total. The molecule has 186 valence electrons. The second-order valence-corrected chi connectivity index (χ2v) is 9.36. The monoisotopic (exact) mass is 453 g/mol. The Bertz CT molecular complexity index is 560. The molecule has 1 aliphatic carbocycles. The van der Waals surface area contributed by atoms with Gasteiger partial charge in [0.05, 0.1) is 18.1 Å². The Labute approximate surface area is 195 Å². The molecule has 0 saturated heterocycles. The van der Waals surface area contributed by atoms with Crippen LogP contribution in [-0.2, 0) is 9.59 Å². The van der Waals surface area contributed by atoms with E-state index in [2.05, 4.69) is 25.7 Å². The Morgan fingerprint density at radius 3 is 2.38 bits per heavy atom. The average Bonchev–Trinajstić information content (AvgIpc) is 3.03. The number of carboxylic acids is 1. The molecule has 0 aromatic carbocycles. The van der Waals surface area contributed by atoms with Gasteiger partial charge in [-0.15, -0.1) is 0 Å². The molecule has 1 rings (SSSR count). The number of unbranched alkanes of at least 4 members (excludes halogenated alkanes) is 4. The van der Waals surface area contributed by atoms with Crippen LogP contribution < -0.4 is 0 Å². The zero-order chi connectivity index (χ0) is 23.9. The van der Waals surface area contributed by atoms with Crippen LogP contribution in [0.4, 0.5) is 0 Å². The average molecular weight is 454 g/mol. The SMILES string of the molecule is CCCCCC(O)C=C[C@H]1C(O)CC(=O)[C@@H]1CCCCCC(CCN(CC)CC)C(=O)O. The number of carbonyl (C=O) groups is 2. The Hall–Kier alpha value is -1.24. The van der Waals surface area contributed by atoms with Gasteiger partial charge in [-0.3, -0.25) is 9.59 Å². The molecule has 6 nitrogen and oxygen atoms in total. The number of nitrogens with zero attached hydrogens (tertiary/aromatic N) is 1. The molecule has 0 heterocycles. The lowest BCUT2D eigenvalue weighted by atomic mass is 9.88. The molecular formula is C26H47NO5. The number of Topliss-reactive ketones (excluding diaryl/α,β-unsaturated/α-hetero) is 1. The van der Waals surface area contributed by atoms with E-state index in [1.165, 1.54) is 0 Å². The van der Waals surface area contributed by atoms with Crippen molar-refractivity contribution in [3.8, 4) is 0 Å². The fourth-order valence-corrected chi connectivity index (χ4v) is 4.75. The molecule has 1 fully saturated rings. The summed E-state index contributed by atoms with van der Waals surface area (Å²) in [7, 11) is 0. The van der Waals surface area contributed by atoms with Crippen LogP contribution in [0.25, 0.3) is 0 Å². The molecule has 0 radical (unpaired) electrons. The third-order valence-electron chi connectivity index (χ3n) is 7.00. The number of hydrogen-bond donors (Lipinski definition) is 3. The minimum Gasteiger partial charge on any atom is -0.481 e.